The molecule has 2 aliphatic carbocycles. The van der Waals surface area contributed by atoms with Gasteiger partial charge in [-0.2, -0.15) is 0 Å². The average Bonchev–Trinajstić information content (AvgIpc) is 3.13. The fourth-order valence-electron chi connectivity index (χ4n) is 3.99. The average molecular weight is 411 g/mol. The zero-order chi connectivity index (χ0) is 18.0. The zero-order valence-corrected chi connectivity index (χ0v) is 17.4. The monoisotopic (exact) mass is 410 g/mol. The van der Waals surface area contributed by atoms with Crippen LogP contribution < -0.4 is 0 Å². The molecule has 142 valence electrons. The van der Waals surface area contributed by atoms with E-state index < -0.39 is 10.0 Å². The lowest BCUT2D eigenvalue weighted by Crippen LogP contribution is -2.38. The van der Waals surface area contributed by atoms with Gasteiger partial charge in [-0.05, 0) is 37.8 Å². The molecule has 0 bridgehead atoms. The molecule has 2 fully saturated rings. The molecule has 7 heteroatoms. The predicted octanol–water partition coefficient (Wildman–Crippen LogP) is 5.60. The standard InChI is InChI=1S/C19H26N2O2S3/c22-26(23,19-20-17-13-7-8-14-18(17)24-19)21(15-9-3-1-4-10-15)25-16-11-5-2-6-12-16/h7-8,13-16H,1-6,9-12H2. The molecule has 1 heterocycles. The van der Waals surface area contributed by atoms with Crippen LogP contribution in [-0.2, 0) is 10.0 Å². The minimum absolute atomic E-state index is 0.118. The molecule has 0 aliphatic heterocycles. The number of hydrogen-bond acceptors (Lipinski definition) is 5. The highest BCUT2D eigenvalue weighted by Gasteiger charge is 2.37. The molecule has 0 unspecified atom stereocenters. The van der Waals surface area contributed by atoms with E-state index in [0.29, 0.717) is 5.25 Å². The molecule has 0 spiro atoms. The van der Waals surface area contributed by atoms with Crippen molar-refractivity contribution in [1.29, 1.82) is 0 Å². The van der Waals surface area contributed by atoms with E-state index in [0.717, 1.165) is 48.7 Å². The van der Waals surface area contributed by atoms with Crippen molar-refractivity contribution in [2.75, 3.05) is 0 Å². The first-order valence-corrected chi connectivity index (χ1v) is 12.8. The molecule has 1 aromatic heterocycles. The van der Waals surface area contributed by atoms with Gasteiger partial charge in [0, 0.05) is 11.3 Å². The van der Waals surface area contributed by atoms with Crippen molar-refractivity contribution in [3.05, 3.63) is 24.3 Å². The van der Waals surface area contributed by atoms with Gasteiger partial charge in [-0.3, -0.25) is 0 Å². The number of benzene rings is 1. The number of sulfonamides is 1. The molecule has 0 radical (unpaired) electrons. The van der Waals surface area contributed by atoms with E-state index in [1.54, 1.807) is 15.7 Å². The Hall–Kier alpha value is -0.630. The fourth-order valence-corrected chi connectivity index (χ4v) is 8.98. The van der Waals surface area contributed by atoms with Crippen molar-refractivity contribution in [2.24, 2.45) is 0 Å². The lowest BCUT2D eigenvalue weighted by atomic mass is 9.96. The van der Waals surface area contributed by atoms with Crippen molar-refractivity contribution in [3.63, 3.8) is 0 Å². The quantitative estimate of drug-likeness (QED) is 0.602. The van der Waals surface area contributed by atoms with Crippen LogP contribution in [0.4, 0.5) is 0 Å². The summed E-state index contributed by atoms with van der Waals surface area (Å²) in [5.74, 6) is 0. The molecular formula is C19H26N2O2S3. The van der Waals surface area contributed by atoms with Crippen LogP contribution in [-0.4, -0.2) is 28.4 Å². The van der Waals surface area contributed by atoms with Gasteiger partial charge in [-0.1, -0.05) is 62.6 Å². The molecular weight excluding hydrogens is 384 g/mol. The summed E-state index contributed by atoms with van der Waals surface area (Å²) in [5, 5.41) is 0.426. The number of thiazole rings is 1. The van der Waals surface area contributed by atoms with E-state index >= 15 is 0 Å². The summed E-state index contributed by atoms with van der Waals surface area (Å²) in [7, 11) is -3.56. The second-order valence-electron chi connectivity index (χ2n) is 7.37. The summed E-state index contributed by atoms with van der Waals surface area (Å²) in [6.07, 6.45) is 11.4. The third kappa shape index (κ3) is 3.96. The van der Waals surface area contributed by atoms with Crippen LogP contribution in [0.1, 0.15) is 64.2 Å². The van der Waals surface area contributed by atoms with Crippen molar-refractivity contribution >= 4 is 43.5 Å². The van der Waals surface area contributed by atoms with E-state index in [2.05, 4.69) is 4.98 Å². The van der Waals surface area contributed by atoms with Crippen LogP contribution in [0.3, 0.4) is 0 Å². The Morgan fingerprint density at radius 3 is 2.31 bits per heavy atom. The van der Waals surface area contributed by atoms with Gasteiger partial charge in [0.05, 0.1) is 10.2 Å². The molecule has 0 saturated heterocycles. The number of fused-ring (bicyclic) bond motifs is 1. The smallest absolute Gasteiger partial charge is 0.224 e. The second kappa shape index (κ2) is 8.17. The summed E-state index contributed by atoms with van der Waals surface area (Å²) in [5.41, 5.74) is 0.780. The van der Waals surface area contributed by atoms with Crippen LogP contribution in [0.15, 0.2) is 28.6 Å². The fraction of sp³-hybridized carbons (Fsp3) is 0.632. The largest absolute Gasteiger partial charge is 0.279 e. The highest BCUT2D eigenvalue weighted by Crippen LogP contribution is 2.40. The third-order valence-electron chi connectivity index (χ3n) is 5.41. The molecule has 1 aromatic carbocycles. The van der Waals surface area contributed by atoms with E-state index in [4.69, 9.17) is 0 Å². The highest BCUT2D eigenvalue weighted by molar-refractivity contribution is 8.09. The predicted molar refractivity (Wildman–Crippen MR) is 110 cm³/mol. The van der Waals surface area contributed by atoms with Gasteiger partial charge in [0.25, 0.3) is 10.0 Å². The number of nitrogens with zero attached hydrogens (tertiary/aromatic N) is 2. The maximum absolute atomic E-state index is 13.5. The lowest BCUT2D eigenvalue weighted by molar-refractivity contribution is 0.343. The third-order valence-corrected chi connectivity index (χ3v) is 10.5. The van der Waals surface area contributed by atoms with Gasteiger partial charge in [-0.15, -0.1) is 15.0 Å². The zero-order valence-electron chi connectivity index (χ0n) is 15.0. The Morgan fingerprint density at radius 2 is 1.62 bits per heavy atom. The van der Waals surface area contributed by atoms with Gasteiger partial charge >= 0.3 is 0 Å². The number of rotatable bonds is 5. The summed E-state index contributed by atoms with van der Waals surface area (Å²) >= 11 is 2.90. The SMILES string of the molecule is O=S(=O)(c1nc2ccccc2s1)N(SC1CCCCC1)C1CCCCC1. The summed E-state index contributed by atoms with van der Waals surface area (Å²) in [6, 6.07) is 7.81. The maximum Gasteiger partial charge on any atom is 0.279 e. The summed E-state index contributed by atoms with van der Waals surface area (Å²) in [4.78, 5) is 4.47. The molecule has 0 atom stereocenters. The van der Waals surface area contributed by atoms with Crippen LogP contribution in [0.5, 0.6) is 0 Å². The lowest BCUT2D eigenvalue weighted by Gasteiger charge is -2.34. The number of para-hydroxylation sites is 1. The van der Waals surface area contributed by atoms with Gasteiger partial charge in [0.1, 0.15) is 0 Å². The van der Waals surface area contributed by atoms with Crippen molar-refractivity contribution < 1.29 is 8.42 Å². The maximum atomic E-state index is 13.5. The van der Waals surface area contributed by atoms with Gasteiger partial charge < -0.3 is 0 Å². The molecule has 26 heavy (non-hydrogen) atoms. The van der Waals surface area contributed by atoms with Crippen LogP contribution >= 0.6 is 23.3 Å². The van der Waals surface area contributed by atoms with Gasteiger partial charge in [0.15, 0.2) is 0 Å². The minimum atomic E-state index is -3.56. The molecule has 2 aliphatic rings. The number of aromatic nitrogens is 1. The summed E-state index contributed by atoms with van der Waals surface area (Å²) < 4.78 is 30.0. The molecule has 2 aromatic rings. The van der Waals surface area contributed by atoms with Crippen molar-refractivity contribution in [1.82, 2.24) is 8.69 Å². The molecule has 4 rings (SSSR count). The Kier molecular flexibility index (Phi) is 5.88. The van der Waals surface area contributed by atoms with Gasteiger partial charge in [-0.25, -0.2) is 13.4 Å². The molecule has 0 N–H and O–H groups in total. The van der Waals surface area contributed by atoms with E-state index in [1.807, 2.05) is 24.3 Å². The molecule has 2 saturated carbocycles. The Morgan fingerprint density at radius 1 is 0.962 bits per heavy atom. The highest BCUT2D eigenvalue weighted by atomic mass is 32.3. The first kappa shape index (κ1) is 18.7. The number of hydrogen-bond donors (Lipinski definition) is 0. The van der Waals surface area contributed by atoms with Crippen LogP contribution in [0.25, 0.3) is 10.2 Å². The molecule has 4 nitrogen and oxygen atoms in total. The normalized spacial score (nSPS) is 20.8. The Bertz CT molecular complexity index is 804. The topological polar surface area (TPSA) is 50.3 Å². The first-order valence-electron chi connectivity index (χ1n) is 9.71. The van der Waals surface area contributed by atoms with Crippen LogP contribution in [0.2, 0.25) is 0 Å². The van der Waals surface area contributed by atoms with Crippen molar-refractivity contribution in [3.8, 4) is 0 Å². The van der Waals surface area contributed by atoms with E-state index in [1.165, 1.54) is 37.0 Å². The minimum Gasteiger partial charge on any atom is -0.224 e. The van der Waals surface area contributed by atoms with Crippen LogP contribution in [0, 0.1) is 0 Å². The molecule has 0 amide bonds. The summed E-state index contributed by atoms with van der Waals surface area (Å²) in [6.45, 7) is 0. The second-order valence-corrected chi connectivity index (χ2v) is 11.9. The Balaban J connectivity index is 1.65. The van der Waals surface area contributed by atoms with E-state index in [-0.39, 0.29) is 10.4 Å². The van der Waals surface area contributed by atoms with Crippen molar-refractivity contribution in [2.45, 2.75) is 79.8 Å². The van der Waals surface area contributed by atoms with E-state index in [9.17, 15) is 8.42 Å². The Labute approximate surface area is 164 Å². The van der Waals surface area contributed by atoms with Gasteiger partial charge in [0.2, 0.25) is 4.34 Å². The first-order chi connectivity index (χ1) is 12.6.